The Morgan fingerprint density at radius 1 is 1.29 bits per heavy atom. The maximum absolute atomic E-state index is 5.71. The van der Waals surface area contributed by atoms with E-state index in [1.807, 2.05) is 6.08 Å². The molecule has 2 nitrogen and oxygen atoms in total. The molecule has 0 aliphatic rings. The second-order valence-corrected chi connectivity index (χ2v) is 5.73. The Bertz CT molecular complexity index is 389. The first-order valence-corrected chi connectivity index (χ1v) is 7.07. The summed E-state index contributed by atoms with van der Waals surface area (Å²) in [6.07, 6.45) is 2.91. The highest BCUT2D eigenvalue weighted by atomic mass is 79.9. The normalized spacial score (nSPS) is 10.2. The van der Waals surface area contributed by atoms with E-state index in [-0.39, 0.29) is 0 Å². The number of ether oxygens (including phenoxy) is 1. The van der Waals surface area contributed by atoms with Crippen LogP contribution in [-0.4, -0.2) is 13.2 Å². The van der Waals surface area contributed by atoms with Gasteiger partial charge in [0.05, 0.1) is 8.95 Å². The first-order chi connectivity index (χ1) is 8.04. The van der Waals surface area contributed by atoms with Gasteiger partial charge in [-0.3, -0.25) is 0 Å². The topological polar surface area (TPSA) is 35.2 Å². The molecule has 0 fully saturated rings. The number of benzene rings is 1. The molecule has 0 unspecified atom stereocenters. The summed E-state index contributed by atoms with van der Waals surface area (Å²) in [4.78, 5) is 0. The molecule has 1 aromatic carbocycles. The maximum atomic E-state index is 5.71. The van der Waals surface area contributed by atoms with Crippen LogP contribution < -0.4 is 10.5 Å². The molecule has 0 aliphatic carbocycles. The van der Waals surface area contributed by atoms with Gasteiger partial charge in [0.15, 0.2) is 0 Å². The van der Waals surface area contributed by atoms with E-state index in [9.17, 15) is 0 Å². The Kier molecular flexibility index (Phi) is 6.23. The van der Waals surface area contributed by atoms with Gasteiger partial charge in [-0.25, -0.2) is 0 Å². The number of allylic oxidation sites excluding steroid dienone is 1. The lowest BCUT2D eigenvalue weighted by molar-refractivity contribution is 0.357. The molecule has 0 aliphatic heterocycles. The van der Waals surface area contributed by atoms with E-state index in [1.165, 1.54) is 11.1 Å². The highest BCUT2D eigenvalue weighted by Gasteiger charge is 2.08. The summed E-state index contributed by atoms with van der Waals surface area (Å²) < 4.78 is 7.62. The van der Waals surface area contributed by atoms with Crippen molar-refractivity contribution < 1.29 is 4.74 Å². The van der Waals surface area contributed by atoms with Crippen LogP contribution in [0.25, 0.3) is 0 Å². The molecule has 0 amide bonds. The molecular formula is C13H17Br2NO. The van der Waals surface area contributed by atoms with Crippen LogP contribution in [0.5, 0.6) is 5.75 Å². The third-order valence-corrected chi connectivity index (χ3v) is 3.39. The van der Waals surface area contributed by atoms with Gasteiger partial charge in [0.1, 0.15) is 12.4 Å². The quantitative estimate of drug-likeness (QED) is 0.801. The van der Waals surface area contributed by atoms with Crippen LogP contribution >= 0.6 is 31.9 Å². The van der Waals surface area contributed by atoms with Crippen LogP contribution in [-0.2, 0) is 6.42 Å². The molecule has 0 spiro atoms. The highest BCUT2D eigenvalue weighted by Crippen LogP contribution is 2.34. The van der Waals surface area contributed by atoms with E-state index < -0.39 is 0 Å². The van der Waals surface area contributed by atoms with Crippen LogP contribution in [0.1, 0.15) is 19.4 Å². The summed E-state index contributed by atoms with van der Waals surface area (Å²) in [5, 5.41) is 0. The standard InChI is InChI=1S/C13H17Br2NO/c1-9(2)4-6-17-13-11(14)7-10(3-5-16)8-12(13)15/h4,7-8H,3,5-6,16H2,1-2H3. The molecule has 4 heteroatoms. The van der Waals surface area contributed by atoms with Gasteiger partial charge in [0.25, 0.3) is 0 Å². The van der Waals surface area contributed by atoms with Gasteiger partial charge in [-0.1, -0.05) is 5.57 Å². The van der Waals surface area contributed by atoms with E-state index in [0.717, 1.165) is 21.1 Å². The number of hydrogen-bond acceptors (Lipinski definition) is 2. The fourth-order valence-electron chi connectivity index (χ4n) is 1.35. The van der Waals surface area contributed by atoms with Crippen LogP contribution in [0.4, 0.5) is 0 Å². The highest BCUT2D eigenvalue weighted by molar-refractivity contribution is 9.11. The Morgan fingerprint density at radius 2 is 1.88 bits per heavy atom. The van der Waals surface area contributed by atoms with Crippen LogP contribution in [0.3, 0.4) is 0 Å². The molecule has 0 atom stereocenters. The average Bonchev–Trinajstić information content (AvgIpc) is 2.22. The summed E-state index contributed by atoms with van der Waals surface area (Å²) in [5.41, 5.74) is 7.99. The minimum absolute atomic E-state index is 0.579. The largest absolute Gasteiger partial charge is 0.487 e. The molecule has 0 saturated carbocycles. The van der Waals surface area contributed by atoms with Crippen LogP contribution in [0.15, 0.2) is 32.7 Å². The first-order valence-electron chi connectivity index (χ1n) is 5.48. The summed E-state index contributed by atoms with van der Waals surface area (Å²) in [5.74, 6) is 0.836. The van der Waals surface area contributed by atoms with Crippen LogP contribution in [0, 0.1) is 0 Å². The smallest absolute Gasteiger partial charge is 0.148 e. The fourth-order valence-corrected chi connectivity index (χ4v) is 2.86. The minimum Gasteiger partial charge on any atom is -0.487 e. The van der Waals surface area contributed by atoms with Gasteiger partial charge in [0.2, 0.25) is 0 Å². The van der Waals surface area contributed by atoms with Crippen molar-refractivity contribution in [1.29, 1.82) is 0 Å². The van der Waals surface area contributed by atoms with Crippen molar-refractivity contribution in [2.45, 2.75) is 20.3 Å². The number of nitrogens with two attached hydrogens (primary N) is 1. The Labute approximate surface area is 119 Å². The zero-order valence-corrected chi connectivity index (χ0v) is 13.3. The van der Waals surface area contributed by atoms with Crippen molar-refractivity contribution in [2.75, 3.05) is 13.2 Å². The summed E-state index contributed by atoms with van der Waals surface area (Å²) in [6.45, 7) is 5.34. The zero-order valence-electron chi connectivity index (χ0n) is 10.1. The van der Waals surface area contributed by atoms with Gasteiger partial charge >= 0.3 is 0 Å². The molecule has 0 radical (unpaired) electrons. The molecule has 0 bridgehead atoms. The summed E-state index contributed by atoms with van der Waals surface area (Å²) in [7, 11) is 0. The zero-order chi connectivity index (χ0) is 12.8. The number of halogens is 2. The van der Waals surface area contributed by atoms with Gasteiger partial charge in [-0.15, -0.1) is 0 Å². The van der Waals surface area contributed by atoms with Crippen molar-refractivity contribution in [3.63, 3.8) is 0 Å². The predicted molar refractivity (Wildman–Crippen MR) is 79.5 cm³/mol. The molecular weight excluding hydrogens is 346 g/mol. The van der Waals surface area contributed by atoms with E-state index in [0.29, 0.717) is 13.2 Å². The van der Waals surface area contributed by atoms with Crippen LogP contribution in [0.2, 0.25) is 0 Å². The van der Waals surface area contributed by atoms with E-state index in [2.05, 4.69) is 57.8 Å². The van der Waals surface area contributed by atoms with E-state index in [1.54, 1.807) is 0 Å². The lowest BCUT2D eigenvalue weighted by atomic mass is 10.1. The lowest BCUT2D eigenvalue weighted by Crippen LogP contribution is -2.03. The first kappa shape index (κ1) is 14.7. The molecule has 0 heterocycles. The molecule has 94 valence electrons. The molecule has 1 aromatic rings. The van der Waals surface area contributed by atoms with Crippen molar-refractivity contribution in [3.05, 3.63) is 38.3 Å². The van der Waals surface area contributed by atoms with Crippen molar-refractivity contribution in [3.8, 4) is 5.75 Å². The minimum atomic E-state index is 0.579. The van der Waals surface area contributed by atoms with Crippen molar-refractivity contribution in [2.24, 2.45) is 5.73 Å². The Morgan fingerprint density at radius 3 is 2.35 bits per heavy atom. The van der Waals surface area contributed by atoms with Gasteiger partial charge < -0.3 is 10.5 Å². The van der Waals surface area contributed by atoms with Crippen molar-refractivity contribution >= 4 is 31.9 Å². The maximum Gasteiger partial charge on any atom is 0.148 e. The van der Waals surface area contributed by atoms with Gasteiger partial charge in [-0.05, 0) is 82.4 Å². The summed E-state index contributed by atoms with van der Waals surface area (Å²) in [6, 6.07) is 4.10. The monoisotopic (exact) mass is 361 g/mol. The molecule has 2 N–H and O–H groups in total. The average molecular weight is 363 g/mol. The third-order valence-electron chi connectivity index (χ3n) is 2.21. The predicted octanol–water partition coefficient (Wildman–Crippen LogP) is 4.06. The van der Waals surface area contributed by atoms with E-state index >= 15 is 0 Å². The third kappa shape index (κ3) is 4.82. The molecule has 1 rings (SSSR count). The number of rotatable bonds is 5. The van der Waals surface area contributed by atoms with Crippen molar-refractivity contribution in [1.82, 2.24) is 0 Å². The number of hydrogen-bond donors (Lipinski definition) is 1. The Balaban J connectivity index is 2.82. The second kappa shape index (κ2) is 7.19. The van der Waals surface area contributed by atoms with E-state index in [4.69, 9.17) is 10.5 Å². The molecule has 0 aromatic heterocycles. The van der Waals surface area contributed by atoms with Gasteiger partial charge in [-0.2, -0.15) is 0 Å². The SMILES string of the molecule is CC(C)=CCOc1c(Br)cc(CCN)cc1Br. The molecule has 0 saturated heterocycles. The van der Waals surface area contributed by atoms with Gasteiger partial charge in [0, 0.05) is 0 Å². The Hall–Kier alpha value is -0.320. The molecule has 17 heavy (non-hydrogen) atoms. The fraction of sp³-hybridized carbons (Fsp3) is 0.385. The second-order valence-electron chi connectivity index (χ2n) is 4.02. The lowest BCUT2D eigenvalue weighted by Gasteiger charge is -2.11. The summed E-state index contributed by atoms with van der Waals surface area (Å²) >= 11 is 7.04.